The van der Waals surface area contributed by atoms with E-state index in [2.05, 4.69) is 23.4 Å². The summed E-state index contributed by atoms with van der Waals surface area (Å²) < 4.78 is 7.68. The normalized spacial score (nSPS) is 21.4. The Balaban J connectivity index is 1.92. The molecular weight excluding hydrogens is 240 g/mol. The van der Waals surface area contributed by atoms with Gasteiger partial charge >= 0.3 is 0 Å². The molecule has 1 unspecified atom stereocenters. The molecule has 0 saturated heterocycles. The zero-order valence-corrected chi connectivity index (χ0v) is 11.7. The van der Waals surface area contributed by atoms with E-state index < -0.39 is 0 Å². The molecule has 0 aliphatic heterocycles. The highest BCUT2D eigenvalue weighted by atomic mass is 16.4. The van der Waals surface area contributed by atoms with Gasteiger partial charge in [0.15, 0.2) is 0 Å². The number of aliphatic hydroxyl groups excluding tert-OH is 1. The van der Waals surface area contributed by atoms with Crippen LogP contribution in [0.3, 0.4) is 0 Å². The van der Waals surface area contributed by atoms with Crippen molar-refractivity contribution in [3.8, 4) is 0 Å². The van der Waals surface area contributed by atoms with E-state index in [1.807, 2.05) is 19.2 Å². The molecule has 2 aromatic heterocycles. The van der Waals surface area contributed by atoms with E-state index in [0.29, 0.717) is 12.4 Å². The minimum absolute atomic E-state index is 0.134. The van der Waals surface area contributed by atoms with E-state index in [9.17, 15) is 5.11 Å². The first-order valence-electron chi connectivity index (χ1n) is 6.72. The zero-order chi connectivity index (χ0) is 13.6. The Morgan fingerprint density at radius 3 is 3.00 bits per heavy atom. The molecule has 1 atom stereocenters. The summed E-state index contributed by atoms with van der Waals surface area (Å²) in [4.78, 5) is 4.24. The van der Waals surface area contributed by atoms with Crippen LogP contribution in [-0.4, -0.2) is 14.7 Å². The van der Waals surface area contributed by atoms with Crippen LogP contribution in [0.2, 0.25) is 0 Å². The minimum atomic E-state index is -0.355. The summed E-state index contributed by atoms with van der Waals surface area (Å²) in [6, 6.07) is 2.02. The van der Waals surface area contributed by atoms with Crippen molar-refractivity contribution in [3.63, 3.8) is 0 Å². The number of aryl methyl sites for hydroxylation is 1. The number of aromatic nitrogens is 2. The lowest BCUT2D eigenvalue weighted by atomic mass is 9.75. The van der Waals surface area contributed by atoms with Crippen molar-refractivity contribution < 1.29 is 9.52 Å². The molecule has 3 rings (SSSR count). The number of nitrogens with zero attached hydrogens (tertiary/aromatic N) is 2. The molecule has 1 aliphatic carbocycles. The van der Waals surface area contributed by atoms with Crippen molar-refractivity contribution in [2.75, 3.05) is 0 Å². The fourth-order valence-corrected chi connectivity index (χ4v) is 2.96. The van der Waals surface area contributed by atoms with Gasteiger partial charge in [0.1, 0.15) is 5.76 Å². The summed E-state index contributed by atoms with van der Waals surface area (Å²) in [7, 11) is 0. The molecule has 2 heterocycles. The summed E-state index contributed by atoms with van der Waals surface area (Å²) in [5.41, 5.74) is 2.40. The summed E-state index contributed by atoms with van der Waals surface area (Å²) in [5, 5.41) is 10.2. The monoisotopic (exact) mass is 260 g/mol. The lowest BCUT2D eigenvalue weighted by Crippen LogP contribution is -2.26. The first-order valence-corrected chi connectivity index (χ1v) is 6.72. The molecule has 4 heteroatoms. The van der Waals surface area contributed by atoms with Crippen molar-refractivity contribution in [3.05, 3.63) is 41.4 Å². The fraction of sp³-hybridized carbons (Fsp3) is 0.533. The molecule has 0 saturated carbocycles. The Morgan fingerprint density at radius 1 is 1.53 bits per heavy atom. The third kappa shape index (κ3) is 2.32. The second-order valence-electron chi connectivity index (χ2n) is 6.27. The summed E-state index contributed by atoms with van der Waals surface area (Å²) in [6.07, 6.45) is 5.21. The lowest BCUT2D eigenvalue weighted by Gasteiger charge is -2.33. The SMILES string of the molecule is Cc1cnc(Cn2ccc3c2CC(C)(C)CC3O)o1. The molecule has 0 aromatic carbocycles. The number of aliphatic hydroxyl groups is 1. The van der Waals surface area contributed by atoms with E-state index in [0.717, 1.165) is 24.2 Å². The Hall–Kier alpha value is -1.55. The first-order chi connectivity index (χ1) is 8.94. The Kier molecular flexibility index (Phi) is 2.78. The van der Waals surface area contributed by atoms with Crippen LogP contribution >= 0.6 is 0 Å². The van der Waals surface area contributed by atoms with E-state index >= 15 is 0 Å². The first kappa shape index (κ1) is 12.5. The molecule has 4 nitrogen and oxygen atoms in total. The van der Waals surface area contributed by atoms with Gasteiger partial charge in [0, 0.05) is 17.5 Å². The van der Waals surface area contributed by atoms with Crippen molar-refractivity contribution in [2.45, 2.75) is 46.3 Å². The Labute approximate surface area is 113 Å². The minimum Gasteiger partial charge on any atom is -0.444 e. The Bertz CT molecular complexity index is 595. The highest BCUT2D eigenvalue weighted by Crippen LogP contribution is 2.41. The average molecular weight is 260 g/mol. The van der Waals surface area contributed by atoms with Gasteiger partial charge < -0.3 is 14.1 Å². The van der Waals surface area contributed by atoms with Crippen LogP contribution in [0.4, 0.5) is 0 Å². The maximum Gasteiger partial charge on any atom is 0.214 e. The molecule has 0 amide bonds. The van der Waals surface area contributed by atoms with Gasteiger partial charge in [-0.15, -0.1) is 0 Å². The topological polar surface area (TPSA) is 51.2 Å². The third-order valence-electron chi connectivity index (χ3n) is 3.84. The van der Waals surface area contributed by atoms with Crippen molar-refractivity contribution in [1.29, 1.82) is 0 Å². The summed E-state index contributed by atoms with van der Waals surface area (Å²) in [5.74, 6) is 1.55. The van der Waals surface area contributed by atoms with Crippen LogP contribution in [-0.2, 0) is 13.0 Å². The van der Waals surface area contributed by atoms with Gasteiger partial charge in [0.25, 0.3) is 0 Å². The van der Waals surface area contributed by atoms with Gasteiger partial charge in [-0.05, 0) is 31.2 Å². The molecule has 1 aliphatic rings. The number of oxazole rings is 1. The summed E-state index contributed by atoms with van der Waals surface area (Å²) >= 11 is 0. The van der Waals surface area contributed by atoms with Gasteiger partial charge in [-0.2, -0.15) is 0 Å². The quantitative estimate of drug-likeness (QED) is 0.903. The maximum absolute atomic E-state index is 10.2. The van der Waals surface area contributed by atoms with Crippen LogP contribution < -0.4 is 0 Å². The molecule has 19 heavy (non-hydrogen) atoms. The highest BCUT2D eigenvalue weighted by molar-refractivity contribution is 5.29. The molecule has 0 bridgehead atoms. The van der Waals surface area contributed by atoms with Crippen molar-refractivity contribution in [1.82, 2.24) is 9.55 Å². The largest absolute Gasteiger partial charge is 0.444 e. The van der Waals surface area contributed by atoms with Gasteiger partial charge in [-0.3, -0.25) is 0 Å². The standard InChI is InChI=1S/C15H20N2O2/c1-10-8-16-14(19-10)9-17-5-4-11-12(17)6-15(2,3)7-13(11)18/h4-5,8,13,18H,6-7,9H2,1-3H3. The summed E-state index contributed by atoms with van der Waals surface area (Å²) in [6.45, 7) is 6.93. The van der Waals surface area contributed by atoms with Crippen LogP contribution in [0.15, 0.2) is 22.9 Å². The molecular formula is C15H20N2O2. The second-order valence-corrected chi connectivity index (χ2v) is 6.27. The molecule has 2 aromatic rings. The lowest BCUT2D eigenvalue weighted by molar-refractivity contribution is 0.0980. The van der Waals surface area contributed by atoms with E-state index in [-0.39, 0.29) is 11.5 Å². The predicted octanol–water partition coefficient (Wildman–Crippen LogP) is 2.84. The smallest absolute Gasteiger partial charge is 0.214 e. The molecule has 0 spiro atoms. The van der Waals surface area contributed by atoms with E-state index in [1.165, 1.54) is 5.69 Å². The number of hydrogen-bond acceptors (Lipinski definition) is 3. The maximum atomic E-state index is 10.2. The number of rotatable bonds is 2. The number of fused-ring (bicyclic) bond motifs is 1. The van der Waals surface area contributed by atoms with Gasteiger partial charge in [0.2, 0.25) is 5.89 Å². The van der Waals surface area contributed by atoms with Crippen LogP contribution in [0.25, 0.3) is 0 Å². The van der Waals surface area contributed by atoms with Crippen molar-refractivity contribution >= 4 is 0 Å². The van der Waals surface area contributed by atoms with E-state index in [1.54, 1.807) is 6.20 Å². The second kappa shape index (κ2) is 4.23. The zero-order valence-electron chi connectivity index (χ0n) is 11.7. The highest BCUT2D eigenvalue weighted by Gasteiger charge is 2.33. The van der Waals surface area contributed by atoms with Crippen LogP contribution in [0, 0.1) is 12.3 Å². The fourth-order valence-electron chi connectivity index (χ4n) is 2.96. The molecule has 1 N–H and O–H groups in total. The van der Waals surface area contributed by atoms with Crippen LogP contribution in [0.5, 0.6) is 0 Å². The molecule has 0 radical (unpaired) electrons. The van der Waals surface area contributed by atoms with Gasteiger partial charge in [-0.1, -0.05) is 13.8 Å². The van der Waals surface area contributed by atoms with Gasteiger partial charge in [-0.25, -0.2) is 4.98 Å². The molecule has 0 fully saturated rings. The number of hydrogen-bond donors (Lipinski definition) is 1. The van der Waals surface area contributed by atoms with E-state index in [4.69, 9.17) is 4.42 Å². The third-order valence-corrected chi connectivity index (χ3v) is 3.84. The van der Waals surface area contributed by atoms with Crippen LogP contribution in [0.1, 0.15) is 49.3 Å². The van der Waals surface area contributed by atoms with Gasteiger partial charge in [0.05, 0.1) is 18.8 Å². The average Bonchev–Trinajstić information content (AvgIpc) is 2.86. The predicted molar refractivity (Wildman–Crippen MR) is 71.8 cm³/mol. The van der Waals surface area contributed by atoms with Crippen molar-refractivity contribution in [2.24, 2.45) is 5.41 Å². The molecule has 102 valence electrons. The Morgan fingerprint density at radius 2 is 2.32 bits per heavy atom.